The summed E-state index contributed by atoms with van der Waals surface area (Å²) < 4.78 is 36.5. The molecule has 0 heterocycles. The van der Waals surface area contributed by atoms with Gasteiger partial charge in [0, 0.05) is 6.04 Å². The van der Waals surface area contributed by atoms with E-state index in [4.69, 9.17) is 5.73 Å². The largest absolute Gasteiger partial charge is 1.00 e. The van der Waals surface area contributed by atoms with Gasteiger partial charge in [0.05, 0.1) is 0 Å². The van der Waals surface area contributed by atoms with Gasteiger partial charge in [0.25, 0.3) is 0 Å². The van der Waals surface area contributed by atoms with Crippen LogP contribution in [-0.2, 0) is 0 Å². The molecule has 6 heteroatoms. The summed E-state index contributed by atoms with van der Waals surface area (Å²) >= 11 is 0. The summed E-state index contributed by atoms with van der Waals surface area (Å²) in [4.78, 5) is 0. The molecule has 1 aromatic carbocycles. The van der Waals surface area contributed by atoms with E-state index < -0.39 is 12.4 Å². The van der Waals surface area contributed by atoms with Crippen molar-refractivity contribution in [3.8, 4) is 0 Å². The van der Waals surface area contributed by atoms with Gasteiger partial charge in [-0.2, -0.15) is 0 Å². The molecular formula is C8H10BF3KN. The molecule has 1 atom stereocenters. The van der Waals surface area contributed by atoms with E-state index in [1.807, 2.05) is 0 Å². The quantitative estimate of drug-likeness (QED) is 0.629. The fourth-order valence-corrected chi connectivity index (χ4v) is 1.02. The summed E-state index contributed by atoms with van der Waals surface area (Å²) in [6.45, 7) is -3.15. The van der Waals surface area contributed by atoms with E-state index in [1.54, 1.807) is 6.92 Å². The number of nitrogens with two attached hydrogens (primary N) is 1. The van der Waals surface area contributed by atoms with Gasteiger partial charge in [0.15, 0.2) is 0 Å². The Morgan fingerprint density at radius 3 is 1.86 bits per heavy atom. The molecule has 0 aliphatic heterocycles. The van der Waals surface area contributed by atoms with Crippen molar-refractivity contribution < 1.29 is 64.3 Å². The second kappa shape index (κ2) is 5.67. The van der Waals surface area contributed by atoms with Gasteiger partial charge in [0.2, 0.25) is 0 Å². The Morgan fingerprint density at radius 1 is 1.14 bits per heavy atom. The van der Waals surface area contributed by atoms with Crippen LogP contribution in [0, 0.1) is 0 Å². The first-order chi connectivity index (χ1) is 5.91. The SMILES string of the molecule is C[C@@H](N)c1ccc([B-](F)(F)F)cc1.[K+]. The van der Waals surface area contributed by atoms with Gasteiger partial charge in [-0.05, 0) is 12.5 Å². The Kier molecular flexibility index (Phi) is 5.94. The van der Waals surface area contributed by atoms with Gasteiger partial charge in [-0.1, -0.05) is 24.3 Å². The van der Waals surface area contributed by atoms with Gasteiger partial charge in [0.1, 0.15) is 0 Å². The van der Waals surface area contributed by atoms with E-state index in [2.05, 4.69) is 0 Å². The normalized spacial score (nSPS) is 13.2. The maximum Gasteiger partial charge on any atom is 1.00 e. The van der Waals surface area contributed by atoms with E-state index in [0.29, 0.717) is 5.56 Å². The zero-order chi connectivity index (χ0) is 10.1. The molecule has 1 nitrogen and oxygen atoms in total. The average molecular weight is 227 g/mol. The van der Waals surface area contributed by atoms with Crippen LogP contribution in [0.5, 0.6) is 0 Å². The molecule has 0 aliphatic carbocycles. The van der Waals surface area contributed by atoms with E-state index >= 15 is 0 Å². The second-order valence-electron chi connectivity index (χ2n) is 3.03. The minimum Gasteiger partial charge on any atom is -0.445 e. The molecule has 0 aromatic heterocycles. The molecule has 0 fully saturated rings. The van der Waals surface area contributed by atoms with Crippen molar-refractivity contribution in [1.29, 1.82) is 0 Å². The van der Waals surface area contributed by atoms with Crippen LogP contribution in [0.4, 0.5) is 12.9 Å². The number of hydrogen-bond donors (Lipinski definition) is 1. The maximum absolute atomic E-state index is 12.2. The first-order valence-corrected chi connectivity index (χ1v) is 3.96. The van der Waals surface area contributed by atoms with E-state index in [-0.39, 0.29) is 57.4 Å². The number of rotatable bonds is 2. The van der Waals surface area contributed by atoms with Crippen molar-refractivity contribution in [2.75, 3.05) is 0 Å². The number of halogens is 3. The second-order valence-corrected chi connectivity index (χ2v) is 3.03. The Hall–Kier alpha value is 0.671. The first-order valence-electron chi connectivity index (χ1n) is 3.96. The minimum absolute atomic E-state index is 0. The monoisotopic (exact) mass is 227 g/mol. The Labute approximate surface area is 124 Å². The van der Waals surface area contributed by atoms with Crippen LogP contribution in [0.15, 0.2) is 24.3 Å². The van der Waals surface area contributed by atoms with Crippen molar-refractivity contribution in [3.05, 3.63) is 29.8 Å². The number of hydrogen-bond acceptors (Lipinski definition) is 1. The molecule has 72 valence electrons. The van der Waals surface area contributed by atoms with Crippen LogP contribution in [0.1, 0.15) is 18.5 Å². The molecule has 0 saturated carbocycles. The van der Waals surface area contributed by atoms with Crippen molar-refractivity contribution in [2.24, 2.45) is 5.73 Å². The summed E-state index contributed by atoms with van der Waals surface area (Å²) in [5.74, 6) is 0. The molecule has 0 unspecified atom stereocenters. The first kappa shape index (κ1) is 14.7. The summed E-state index contributed by atoms with van der Waals surface area (Å²) in [6.07, 6.45) is 0. The van der Waals surface area contributed by atoms with Crippen LogP contribution in [0.3, 0.4) is 0 Å². The third-order valence-electron chi connectivity index (χ3n) is 1.84. The predicted octanol–water partition coefficient (Wildman–Crippen LogP) is -1.24. The van der Waals surface area contributed by atoms with E-state index in [0.717, 1.165) is 12.1 Å². The molecular weight excluding hydrogens is 217 g/mol. The molecule has 2 N–H and O–H groups in total. The topological polar surface area (TPSA) is 26.0 Å². The van der Waals surface area contributed by atoms with Gasteiger partial charge in [-0.15, -0.1) is 5.46 Å². The smallest absolute Gasteiger partial charge is 0.445 e. The molecule has 0 amide bonds. The molecule has 1 rings (SSSR count). The molecule has 1 aromatic rings. The van der Waals surface area contributed by atoms with Gasteiger partial charge in [-0.25, -0.2) is 0 Å². The summed E-state index contributed by atoms with van der Waals surface area (Å²) in [6, 6.07) is 4.73. The van der Waals surface area contributed by atoms with Gasteiger partial charge in [-0.3, -0.25) is 0 Å². The molecule has 0 radical (unpaired) electrons. The Morgan fingerprint density at radius 2 is 1.57 bits per heavy atom. The number of benzene rings is 1. The Balaban J connectivity index is 0.00000169. The average Bonchev–Trinajstić information content (AvgIpc) is 2.03. The third kappa shape index (κ3) is 4.04. The van der Waals surface area contributed by atoms with Crippen LogP contribution in [0.2, 0.25) is 0 Å². The third-order valence-corrected chi connectivity index (χ3v) is 1.84. The maximum atomic E-state index is 12.2. The van der Waals surface area contributed by atoms with Crippen LogP contribution >= 0.6 is 0 Å². The van der Waals surface area contributed by atoms with Gasteiger partial charge >= 0.3 is 58.4 Å². The molecule has 0 aliphatic rings. The van der Waals surface area contributed by atoms with Crippen LogP contribution in [-0.4, -0.2) is 6.98 Å². The molecule has 0 bridgehead atoms. The van der Waals surface area contributed by atoms with E-state index in [9.17, 15) is 12.9 Å². The molecule has 14 heavy (non-hydrogen) atoms. The zero-order valence-corrected chi connectivity index (χ0v) is 11.3. The van der Waals surface area contributed by atoms with Crippen molar-refractivity contribution in [3.63, 3.8) is 0 Å². The standard InChI is InChI=1S/C8H10BF3N.K/c1-6(13)7-2-4-8(5-3-7)9(10,11)12;/h2-6H,13H2,1H3;/q-1;+1/t6-;/m1./s1. The molecule has 0 spiro atoms. The fourth-order valence-electron chi connectivity index (χ4n) is 1.02. The van der Waals surface area contributed by atoms with Crippen molar-refractivity contribution >= 4 is 12.4 Å². The van der Waals surface area contributed by atoms with Crippen LogP contribution < -0.4 is 62.6 Å². The van der Waals surface area contributed by atoms with Crippen molar-refractivity contribution in [1.82, 2.24) is 0 Å². The van der Waals surface area contributed by atoms with E-state index in [1.165, 1.54) is 12.1 Å². The zero-order valence-electron chi connectivity index (χ0n) is 8.18. The molecule has 0 saturated heterocycles. The van der Waals surface area contributed by atoms with Crippen LogP contribution in [0.25, 0.3) is 0 Å². The predicted molar refractivity (Wildman–Crippen MR) is 47.8 cm³/mol. The fraction of sp³-hybridized carbons (Fsp3) is 0.250. The van der Waals surface area contributed by atoms with Crippen molar-refractivity contribution in [2.45, 2.75) is 13.0 Å². The summed E-state index contributed by atoms with van der Waals surface area (Å²) in [5, 5.41) is 0. The summed E-state index contributed by atoms with van der Waals surface area (Å²) in [7, 11) is 0. The van der Waals surface area contributed by atoms with Gasteiger partial charge < -0.3 is 18.7 Å². The Bertz CT molecular complexity index is 284. The minimum atomic E-state index is -4.88. The summed E-state index contributed by atoms with van der Waals surface area (Å²) in [5.41, 5.74) is 5.63.